The van der Waals surface area contributed by atoms with Gasteiger partial charge in [0.05, 0.1) is 0 Å². The molecule has 0 atom stereocenters. The Kier molecular flexibility index (Phi) is 87.5. The Labute approximate surface area is 40.0 Å². The van der Waals surface area contributed by atoms with Crippen molar-refractivity contribution in [3.63, 3.8) is 0 Å². The summed E-state index contributed by atoms with van der Waals surface area (Å²) < 4.78 is 9.19. The van der Waals surface area contributed by atoms with Crippen molar-refractivity contribution in [2.24, 2.45) is 0 Å². The van der Waals surface area contributed by atoms with E-state index in [-0.39, 0.29) is 0 Å². The van der Waals surface area contributed by atoms with Crippen LogP contribution in [-0.2, 0) is 0 Å². The first-order valence-corrected chi connectivity index (χ1v) is 2.03. The minimum atomic E-state index is 2.03. The van der Waals surface area contributed by atoms with E-state index in [9.17, 15) is 3.89 Å². The zero-order valence-corrected chi connectivity index (χ0v) is 4.20. The summed E-state index contributed by atoms with van der Waals surface area (Å²) in [6, 6.07) is 0. The predicted molar refractivity (Wildman–Crippen MR) is 24.9 cm³/mol. The van der Waals surface area contributed by atoms with Crippen LogP contribution in [0.4, 0.5) is 3.89 Å². The smallest absolute Gasteiger partial charge is 0.0278 e. The molecule has 0 aromatic heterocycles. The summed E-state index contributed by atoms with van der Waals surface area (Å²) in [6.07, 6.45) is 0. The molecule has 0 unspecified atom stereocenters. The van der Waals surface area contributed by atoms with Gasteiger partial charge in [-0.05, 0) is 10.7 Å². The van der Waals surface area contributed by atoms with E-state index < -0.39 is 0 Å². The van der Waals surface area contributed by atoms with Crippen molar-refractivity contribution in [2.75, 3.05) is 0 Å². The van der Waals surface area contributed by atoms with Crippen LogP contribution in [0.5, 0.6) is 0 Å². The van der Waals surface area contributed by atoms with Crippen molar-refractivity contribution >= 4 is 35.5 Å². The van der Waals surface area contributed by atoms with Crippen LogP contribution in [-0.4, -0.2) is 0 Å². The average Bonchev–Trinajstić information content (AvgIpc) is 1.50. The molecular formula is H2ClFS2. The van der Waals surface area contributed by atoms with Crippen LogP contribution < -0.4 is 0 Å². The van der Waals surface area contributed by atoms with Crippen LogP contribution in [0, 0.1) is 0 Å². The number of hydrogen-bond acceptors (Lipinski definition) is 2. The highest BCUT2D eigenvalue weighted by Gasteiger charge is 0.940. The molecule has 0 aromatic carbocycles. The van der Waals surface area contributed by atoms with Crippen molar-refractivity contribution < 1.29 is 3.89 Å². The Morgan fingerprint density at radius 1 is 1.25 bits per heavy atom. The Hall–Kier alpha value is 0.920. The van der Waals surface area contributed by atoms with E-state index in [1.807, 2.05) is 13.0 Å². The van der Waals surface area contributed by atoms with Gasteiger partial charge in [-0.1, -0.05) is 11.8 Å². The molecule has 0 bridgehead atoms. The Bertz CT molecular complexity index is 6.00. The second-order valence-corrected chi connectivity index (χ2v) is 0. The fourth-order valence-electron chi connectivity index (χ4n) is 0. The van der Waals surface area contributed by atoms with E-state index in [0.717, 1.165) is 0 Å². The third-order valence-corrected chi connectivity index (χ3v) is 0. The van der Waals surface area contributed by atoms with Crippen LogP contribution >= 0.6 is 35.5 Å². The number of rotatable bonds is 0. The maximum Gasteiger partial charge on any atom is 0.0278 e. The third-order valence-electron chi connectivity index (χ3n) is 0. The summed E-state index contributed by atoms with van der Waals surface area (Å²) in [5.41, 5.74) is 0. The largest absolute Gasteiger partial charge is 0.169 e. The van der Waals surface area contributed by atoms with Crippen molar-refractivity contribution in [3.05, 3.63) is 0 Å². The molecule has 4 heteroatoms. The highest BCUT2D eigenvalue weighted by atomic mass is 35.7. The predicted octanol–water partition coefficient (Wildman–Crippen LogP) is 1.87. The standard InChI is InChI=1S/ClHS.FHS/c2*1-2/h2*2H. The van der Waals surface area contributed by atoms with Gasteiger partial charge in [0.15, 0.2) is 0 Å². The molecule has 0 aliphatic carbocycles. The lowest BCUT2D eigenvalue weighted by molar-refractivity contribution is 0.957. The van der Waals surface area contributed by atoms with Gasteiger partial charge in [-0.25, -0.2) is 0 Å². The molecule has 0 rings (SSSR count). The van der Waals surface area contributed by atoms with E-state index in [4.69, 9.17) is 0 Å². The molecule has 0 fully saturated rings. The van der Waals surface area contributed by atoms with E-state index in [1.165, 1.54) is 0 Å². The Morgan fingerprint density at radius 3 is 1.25 bits per heavy atom. The van der Waals surface area contributed by atoms with Gasteiger partial charge in [-0.2, -0.15) is 3.89 Å². The van der Waals surface area contributed by atoms with E-state index in [0.29, 0.717) is 0 Å². The average molecular weight is 121 g/mol. The Balaban J connectivity index is 0. The lowest BCUT2D eigenvalue weighted by Gasteiger charge is -1.08. The summed E-state index contributed by atoms with van der Waals surface area (Å²) >= 11 is 5.03. The molecule has 4 heavy (non-hydrogen) atoms. The van der Waals surface area contributed by atoms with Gasteiger partial charge in [0.1, 0.15) is 0 Å². The fraction of sp³-hybridized carbons (Fsp3) is 0. The van der Waals surface area contributed by atoms with E-state index in [2.05, 4.69) is 22.5 Å². The monoisotopic (exact) mass is 120 g/mol. The summed E-state index contributed by atoms with van der Waals surface area (Å²) in [5, 5.41) is 0. The first-order chi connectivity index (χ1) is 2.00. The van der Waals surface area contributed by atoms with E-state index in [1.54, 1.807) is 0 Å². The zero-order chi connectivity index (χ0) is 4.00. The van der Waals surface area contributed by atoms with Crippen molar-refractivity contribution in [1.29, 1.82) is 0 Å². The number of halogens is 2. The van der Waals surface area contributed by atoms with Crippen molar-refractivity contribution in [2.45, 2.75) is 0 Å². The first-order valence-electron chi connectivity index (χ1n) is 0.338. The fourth-order valence-corrected chi connectivity index (χ4v) is 0. The van der Waals surface area contributed by atoms with Crippen LogP contribution in [0.2, 0.25) is 0 Å². The SMILES string of the molecule is FS.SCl. The van der Waals surface area contributed by atoms with Crippen molar-refractivity contribution in [1.82, 2.24) is 0 Å². The topological polar surface area (TPSA) is 0 Å². The van der Waals surface area contributed by atoms with Crippen LogP contribution in [0.3, 0.4) is 0 Å². The highest BCUT2D eigenvalue weighted by Crippen LogP contribution is 1.67. The molecule has 0 saturated carbocycles. The summed E-state index contributed by atoms with van der Waals surface area (Å²) in [7, 11) is 4.33. The maximum absolute atomic E-state index is 9.19. The molecule has 0 aliphatic rings. The Morgan fingerprint density at radius 2 is 1.25 bits per heavy atom. The summed E-state index contributed by atoms with van der Waals surface area (Å²) in [5.74, 6) is 0. The molecular weight excluding hydrogens is 119 g/mol. The molecule has 28 valence electrons. The van der Waals surface area contributed by atoms with Gasteiger partial charge in [0.25, 0.3) is 0 Å². The maximum atomic E-state index is 9.19. The lowest BCUT2D eigenvalue weighted by Crippen LogP contribution is -0.472. The molecule has 0 saturated heterocycles. The number of thiol groups is 2. The van der Waals surface area contributed by atoms with Gasteiger partial charge in [-0.15, -0.1) is 0 Å². The minimum Gasteiger partial charge on any atom is -0.169 e. The quantitative estimate of drug-likeness (QED) is 0.448. The number of hydrogen-bond donors (Lipinski definition) is 2. The zero-order valence-electron chi connectivity index (χ0n) is 1.65. The van der Waals surface area contributed by atoms with Crippen LogP contribution in [0.1, 0.15) is 0 Å². The second kappa shape index (κ2) is 39.5. The molecule has 0 aliphatic heterocycles. The van der Waals surface area contributed by atoms with Gasteiger partial charge in [-0.3, -0.25) is 0 Å². The lowest BCUT2D eigenvalue weighted by atomic mass is 18.9. The summed E-state index contributed by atoms with van der Waals surface area (Å²) in [4.78, 5) is 0. The molecule has 0 nitrogen and oxygen atoms in total. The van der Waals surface area contributed by atoms with Crippen LogP contribution in [0.15, 0.2) is 0 Å². The molecule has 0 N–H and O–H groups in total. The van der Waals surface area contributed by atoms with Crippen molar-refractivity contribution in [3.8, 4) is 0 Å². The molecule has 0 radical (unpaired) electrons. The first kappa shape index (κ1) is 8.87. The van der Waals surface area contributed by atoms with E-state index >= 15 is 0 Å². The van der Waals surface area contributed by atoms with Gasteiger partial charge in [0.2, 0.25) is 0 Å². The molecule has 0 amide bonds. The van der Waals surface area contributed by atoms with Gasteiger partial charge >= 0.3 is 0 Å². The normalized spacial score (nSPS) is 3.00. The molecule has 0 spiro atoms. The van der Waals surface area contributed by atoms with Gasteiger partial charge < -0.3 is 0 Å². The second-order valence-electron chi connectivity index (χ2n) is 0. The molecule has 0 aromatic rings. The summed E-state index contributed by atoms with van der Waals surface area (Å²) in [6.45, 7) is 0. The minimum absolute atomic E-state index is 2.03. The third kappa shape index (κ3) is 12.7. The highest BCUT2D eigenvalue weighted by molar-refractivity contribution is 8.05. The molecule has 0 heterocycles. The van der Waals surface area contributed by atoms with Crippen LogP contribution in [0.25, 0.3) is 0 Å². The van der Waals surface area contributed by atoms with Gasteiger partial charge in [0, 0.05) is 13.0 Å².